The lowest BCUT2D eigenvalue weighted by Crippen LogP contribution is -2.00. The van der Waals surface area contributed by atoms with E-state index in [1.165, 1.54) is 31.9 Å². The second-order valence-corrected chi connectivity index (χ2v) is 7.34. The van der Waals surface area contributed by atoms with Crippen LogP contribution in [0.15, 0.2) is 28.8 Å². The second kappa shape index (κ2) is 6.76. The molecule has 2 heterocycles. The second-order valence-electron chi connectivity index (χ2n) is 7.34. The van der Waals surface area contributed by atoms with Gasteiger partial charge in [-0.1, -0.05) is 0 Å². The largest absolute Gasteiger partial charge is 0.441 e. The van der Waals surface area contributed by atoms with Crippen LogP contribution >= 0.6 is 0 Å². The van der Waals surface area contributed by atoms with Gasteiger partial charge in [0.25, 0.3) is 0 Å². The fourth-order valence-electron chi connectivity index (χ4n) is 3.38. The Morgan fingerprint density at radius 2 is 2.11 bits per heavy atom. The molecule has 6 heteroatoms. The van der Waals surface area contributed by atoms with Crippen LogP contribution in [0.3, 0.4) is 0 Å². The van der Waals surface area contributed by atoms with E-state index >= 15 is 0 Å². The van der Waals surface area contributed by atoms with E-state index in [0.717, 1.165) is 29.4 Å². The highest BCUT2D eigenvalue weighted by molar-refractivity contribution is 6.00. The lowest BCUT2D eigenvalue weighted by atomic mass is 9.99. The van der Waals surface area contributed by atoms with Gasteiger partial charge in [0.05, 0.1) is 11.4 Å². The zero-order chi connectivity index (χ0) is 19.1. The third-order valence-corrected chi connectivity index (χ3v) is 4.96. The molecule has 0 radical (unpaired) electrons. The molecule has 2 aromatic heterocycles. The Balaban J connectivity index is 1.70. The monoisotopic (exact) mass is 367 g/mol. The first-order chi connectivity index (χ1) is 12.9. The van der Waals surface area contributed by atoms with E-state index in [9.17, 15) is 9.18 Å². The lowest BCUT2D eigenvalue weighted by molar-refractivity contribution is 0.101. The molecule has 27 heavy (non-hydrogen) atoms. The summed E-state index contributed by atoms with van der Waals surface area (Å²) in [7, 11) is 0. The van der Waals surface area contributed by atoms with Gasteiger partial charge in [0.15, 0.2) is 17.4 Å². The number of hydrogen-bond acceptors (Lipinski definition) is 4. The number of carbonyl (C=O) groups excluding carboxylic acids is 1. The maximum absolute atomic E-state index is 13.6. The van der Waals surface area contributed by atoms with Crippen molar-refractivity contribution < 1.29 is 13.6 Å². The Morgan fingerprint density at radius 1 is 1.33 bits per heavy atom. The zero-order valence-corrected chi connectivity index (χ0v) is 15.8. The molecule has 0 N–H and O–H groups in total. The summed E-state index contributed by atoms with van der Waals surface area (Å²) < 4.78 is 21.5. The SMILES string of the molecule is CC(=O)c1cc(F)ccc1-c1oc(C)nc1Cc1cn(CC2CC2)nc1C. The summed E-state index contributed by atoms with van der Waals surface area (Å²) in [5.41, 5.74) is 3.65. The summed E-state index contributed by atoms with van der Waals surface area (Å²) in [6, 6.07) is 4.17. The Hall–Kier alpha value is -2.76. The summed E-state index contributed by atoms with van der Waals surface area (Å²) in [6.45, 7) is 6.14. The molecule has 0 unspecified atom stereocenters. The molecule has 0 saturated heterocycles. The Kier molecular flexibility index (Phi) is 4.42. The highest BCUT2D eigenvalue weighted by atomic mass is 19.1. The van der Waals surface area contributed by atoms with E-state index in [2.05, 4.69) is 16.3 Å². The minimum atomic E-state index is -0.445. The topological polar surface area (TPSA) is 60.9 Å². The third-order valence-electron chi connectivity index (χ3n) is 4.96. The number of aryl methyl sites for hydroxylation is 2. The van der Waals surface area contributed by atoms with Crippen LogP contribution in [0.1, 0.15) is 53.0 Å². The van der Waals surface area contributed by atoms with Crippen molar-refractivity contribution in [2.45, 2.75) is 46.6 Å². The molecule has 0 amide bonds. The molecule has 0 atom stereocenters. The van der Waals surface area contributed by atoms with Crippen LogP contribution in [-0.2, 0) is 13.0 Å². The maximum Gasteiger partial charge on any atom is 0.192 e. The highest BCUT2D eigenvalue weighted by Gasteiger charge is 2.24. The van der Waals surface area contributed by atoms with Crippen LogP contribution < -0.4 is 0 Å². The molecule has 4 rings (SSSR count). The van der Waals surface area contributed by atoms with Crippen molar-refractivity contribution in [3.63, 3.8) is 0 Å². The molecule has 0 spiro atoms. The van der Waals surface area contributed by atoms with Crippen LogP contribution in [0.4, 0.5) is 4.39 Å². The van der Waals surface area contributed by atoms with Gasteiger partial charge in [-0.15, -0.1) is 0 Å². The molecule has 0 bridgehead atoms. The minimum absolute atomic E-state index is 0.210. The van der Waals surface area contributed by atoms with Gasteiger partial charge in [0, 0.05) is 37.2 Å². The van der Waals surface area contributed by atoms with Gasteiger partial charge in [-0.25, -0.2) is 9.37 Å². The number of rotatable bonds is 6. The molecule has 1 aliphatic carbocycles. The first-order valence-electron chi connectivity index (χ1n) is 9.21. The average Bonchev–Trinajstić information content (AvgIpc) is 3.25. The lowest BCUT2D eigenvalue weighted by Gasteiger charge is -2.06. The molecule has 1 saturated carbocycles. The maximum atomic E-state index is 13.6. The van der Waals surface area contributed by atoms with Gasteiger partial charge in [0.1, 0.15) is 5.82 Å². The first kappa shape index (κ1) is 17.6. The summed E-state index contributed by atoms with van der Waals surface area (Å²) in [4.78, 5) is 16.5. The van der Waals surface area contributed by atoms with Crippen molar-refractivity contribution in [1.29, 1.82) is 0 Å². The predicted octanol–water partition coefficient (Wildman–Crippen LogP) is 4.50. The van der Waals surface area contributed by atoms with Crippen molar-refractivity contribution in [1.82, 2.24) is 14.8 Å². The number of halogens is 1. The summed E-state index contributed by atoms with van der Waals surface area (Å²) in [6.07, 6.45) is 5.18. The number of carbonyl (C=O) groups is 1. The van der Waals surface area contributed by atoms with Crippen LogP contribution in [-0.4, -0.2) is 20.5 Å². The molecule has 140 valence electrons. The predicted molar refractivity (Wildman–Crippen MR) is 99.1 cm³/mol. The number of aromatic nitrogens is 3. The molecular weight excluding hydrogens is 345 g/mol. The average molecular weight is 367 g/mol. The van der Waals surface area contributed by atoms with Gasteiger partial charge >= 0.3 is 0 Å². The summed E-state index contributed by atoms with van der Waals surface area (Å²) in [5, 5.41) is 4.61. The van der Waals surface area contributed by atoms with Crippen molar-refractivity contribution in [2.75, 3.05) is 0 Å². The minimum Gasteiger partial charge on any atom is -0.441 e. The van der Waals surface area contributed by atoms with E-state index in [0.29, 0.717) is 29.2 Å². The molecular formula is C21H22FN3O2. The normalized spacial score (nSPS) is 13.9. The third kappa shape index (κ3) is 3.70. The van der Waals surface area contributed by atoms with Gasteiger partial charge in [-0.05, 0) is 56.4 Å². The standard InChI is InChI=1S/C21H22FN3O2/c1-12-16(11-25(24-12)10-15-4-5-15)8-20-21(27-14(3)23-20)18-7-6-17(22)9-19(18)13(2)26/h6-7,9,11,15H,4-5,8,10H2,1-3H3. The number of hydrogen-bond donors (Lipinski definition) is 0. The van der Waals surface area contributed by atoms with Gasteiger partial charge in [0.2, 0.25) is 0 Å². The Morgan fingerprint density at radius 3 is 2.81 bits per heavy atom. The fraction of sp³-hybridized carbons (Fsp3) is 0.381. The van der Waals surface area contributed by atoms with E-state index in [-0.39, 0.29) is 5.78 Å². The van der Waals surface area contributed by atoms with Gasteiger partial charge in [-0.3, -0.25) is 9.48 Å². The van der Waals surface area contributed by atoms with E-state index in [4.69, 9.17) is 4.42 Å². The van der Waals surface area contributed by atoms with Crippen molar-refractivity contribution in [3.05, 3.63) is 58.6 Å². The number of Topliss-reactive ketones (excluding diaryl/α,β-unsaturated/α-hetero) is 1. The first-order valence-corrected chi connectivity index (χ1v) is 9.21. The number of nitrogens with zero attached hydrogens (tertiary/aromatic N) is 3. The van der Waals surface area contributed by atoms with Crippen LogP contribution in [0.5, 0.6) is 0 Å². The molecule has 0 aliphatic heterocycles. The Bertz CT molecular complexity index is 1010. The number of oxazole rings is 1. The summed E-state index contributed by atoms with van der Waals surface area (Å²) in [5.74, 6) is 1.13. The van der Waals surface area contributed by atoms with Gasteiger partial charge in [-0.2, -0.15) is 5.10 Å². The van der Waals surface area contributed by atoms with E-state index in [1.807, 2.05) is 11.6 Å². The highest BCUT2D eigenvalue weighted by Crippen LogP contribution is 2.32. The van der Waals surface area contributed by atoms with E-state index < -0.39 is 5.82 Å². The van der Waals surface area contributed by atoms with Crippen molar-refractivity contribution in [2.24, 2.45) is 5.92 Å². The quantitative estimate of drug-likeness (QED) is 0.602. The molecule has 5 nitrogen and oxygen atoms in total. The number of benzene rings is 1. The Labute approximate surface area is 157 Å². The smallest absolute Gasteiger partial charge is 0.192 e. The van der Waals surface area contributed by atoms with Crippen molar-refractivity contribution in [3.8, 4) is 11.3 Å². The molecule has 1 aromatic carbocycles. The van der Waals surface area contributed by atoms with Crippen LogP contribution in [0.25, 0.3) is 11.3 Å². The molecule has 1 aliphatic rings. The van der Waals surface area contributed by atoms with Gasteiger partial charge < -0.3 is 4.42 Å². The number of ketones is 1. The fourth-order valence-corrected chi connectivity index (χ4v) is 3.38. The zero-order valence-electron chi connectivity index (χ0n) is 15.8. The molecule has 3 aromatic rings. The van der Waals surface area contributed by atoms with Crippen LogP contribution in [0.2, 0.25) is 0 Å². The van der Waals surface area contributed by atoms with Crippen molar-refractivity contribution >= 4 is 5.78 Å². The van der Waals surface area contributed by atoms with E-state index in [1.54, 1.807) is 13.0 Å². The van der Waals surface area contributed by atoms with Crippen LogP contribution in [0, 0.1) is 25.6 Å². The molecule has 1 fully saturated rings. The summed E-state index contributed by atoms with van der Waals surface area (Å²) >= 11 is 0.